The molecule has 12 N–H and O–H groups in total. The molecule has 0 aliphatic heterocycles. The first-order valence-electron chi connectivity index (χ1n) is 4.49. The van der Waals surface area contributed by atoms with Gasteiger partial charge in [-0.25, -0.2) is 0 Å². The van der Waals surface area contributed by atoms with Gasteiger partial charge in [-0.05, 0) is 0 Å². The first kappa shape index (κ1) is 50.3. The largest absolute Gasteiger partial charge is 2.00 e. The molecule has 16 nitrogen and oxygen atoms in total. The van der Waals surface area contributed by atoms with Gasteiger partial charge in [0.05, 0.1) is 23.9 Å². The van der Waals surface area contributed by atoms with Gasteiger partial charge in [-0.3, -0.25) is 0 Å². The van der Waals surface area contributed by atoms with Crippen LogP contribution in [0.1, 0.15) is 0 Å². The number of aliphatic hydroxyl groups excluding tert-OH is 4. The smallest absolute Gasteiger partial charge is 0.547 e. The Bertz CT molecular complexity index is 318. The first-order chi connectivity index (χ1) is 8.93. The molecule has 0 spiro atoms. The van der Waals surface area contributed by atoms with Gasteiger partial charge < -0.3 is 81.9 Å². The van der Waals surface area contributed by atoms with Crippen molar-refractivity contribution in [3.05, 3.63) is 0 Å². The quantitative estimate of drug-likeness (QED) is 0.249. The predicted molar refractivity (Wildman–Crippen MR) is 70.0 cm³/mol. The van der Waals surface area contributed by atoms with Gasteiger partial charge in [-0.1, -0.05) is 0 Å². The SMILES string of the molecule is O.O.O.O.O=C([O-])C(O)C(O)C(=O)[O-].O=C([O-])C(O)C(O)C(=O)[O-].[Ca+2].[Sr+2]. The third kappa shape index (κ3) is 22.3. The Labute approximate surface area is 211 Å². The molecule has 0 rings (SSSR count). The topological polar surface area (TPSA) is 367 Å². The van der Waals surface area contributed by atoms with Crippen molar-refractivity contribution in [2.45, 2.75) is 24.4 Å². The second-order valence-corrected chi connectivity index (χ2v) is 3.06. The van der Waals surface area contributed by atoms with E-state index in [0.717, 1.165) is 0 Å². The molecule has 0 amide bonds. The second-order valence-electron chi connectivity index (χ2n) is 3.06. The van der Waals surface area contributed by atoms with Crippen molar-refractivity contribution < 1.29 is 81.9 Å². The summed E-state index contributed by atoms with van der Waals surface area (Å²) in [4.78, 5) is 38.5. The van der Waals surface area contributed by atoms with E-state index in [-0.39, 0.29) is 105 Å². The van der Waals surface area contributed by atoms with Gasteiger partial charge in [-0.15, -0.1) is 0 Å². The molecule has 4 atom stereocenters. The summed E-state index contributed by atoms with van der Waals surface area (Å²) in [6.07, 6.45) is -9.76. The number of hydrogen-bond acceptors (Lipinski definition) is 12. The summed E-state index contributed by atoms with van der Waals surface area (Å²) in [6, 6.07) is 0. The molecule has 0 aliphatic carbocycles. The van der Waals surface area contributed by atoms with E-state index in [1.165, 1.54) is 0 Å². The van der Waals surface area contributed by atoms with Gasteiger partial charge >= 0.3 is 83.2 Å². The third-order valence-electron chi connectivity index (χ3n) is 1.56. The molecule has 4 unspecified atom stereocenters. The Hall–Kier alpha value is 0.300. The van der Waals surface area contributed by atoms with Crippen LogP contribution in [0.5, 0.6) is 0 Å². The summed E-state index contributed by atoms with van der Waals surface area (Å²) < 4.78 is 0. The minimum atomic E-state index is -2.44. The molecule has 18 heteroatoms. The Balaban J connectivity index is -0.0000000337. The Morgan fingerprint density at radius 2 is 0.577 bits per heavy atom. The molecule has 0 aliphatic rings. The Kier molecular flexibility index (Phi) is 48.9. The van der Waals surface area contributed by atoms with Crippen molar-refractivity contribution in [2.24, 2.45) is 0 Å². The minimum Gasteiger partial charge on any atom is -0.547 e. The van der Waals surface area contributed by atoms with Gasteiger partial charge in [0.1, 0.15) is 24.4 Å². The maximum Gasteiger partial charge on any atom is 2.00 e. The fourth-order valence-corrected chi connectivity index (χ4v) is 0.516. The number of carboxylic acid groups (broad SMARTS) is 4. The van der Waals surface area contributed by atoms with E-state index >= 15 is 0 Å². The van der Waals surface area contributed by atoms with E-state index in [9.17, 15) is 39.6 Å². The van der Waals surface area contributed by atoms with Crippen LogP contribution >= 0.6 is 0 Å². The molecule has 0 bridgehead atoms. The first-order valence-corrected chi connectivity index (χ1v) is 4.49. The summed E-state index contributed by atoms with van der Waals surface area (Å²) in [7, 11) is 0. The second kappa shape index (κ2) is 25.3. The van der Waals surface area contributed by atoms with Crippen LogP contribution in [0.2, 0.25) is 0 Å². The third-order valence-corrected chi connectivity index (χ3v) is 1.56. The molecule has 26 heavy (non-hydrogen) atoms. The van der Waals surface area contributed by atoms with Crippen molar-refractivity contribution in [1.29, 1.82) is 0 Å². The van der Waals surface area contributed by atoms with Crippen LogP contribution in [0.3, 0.4) is 0 Å². The summed E-state index contributed by atoms with van der Waals surface area (Å²) in [6.45, 7) is 0. The molecule has 0 aromatic carbocycles. The number of rotatable bonds is 6. The maximum atomic E-state index is 9.63. The van der Waals surface area contributed by atoms with Crippen LogP contribution in [0.15, 0.2) is 0 Å². The number of hydrogen-bond donors (Lipinski definition) is 4. The molecule has 0 aromatic rings. The van der Waals surface area contributed by atoms with Crippen molar-refractivity contribution >= 4 is 107 Å². The molecule has 0 saturated carbocycles. The monoisotopic (exact) mass is 496 g/mol. The fourth-order valence-electron chi connectivity index (χ4n) is 0.516. The number of carbonyl (C=O) groups excluding carboxylic acids is 4. The molecule has 0 aromatic heterocycles. The predicted octanol–water partition coefficient (Wildman–Crippen LogP) is -13.6. The van der Waals surface area contributed by atoms with E-state index in [0.29, 0.717) is 0 Å². The zero-order chi connectivity index (χ0) is 16.6. The summed E-state index contributed by atoms with van der Waals surface area (Å²) in [5.74, 6) is -8.23. The van der Waals surface area contributed by atoms with Crippen LogP contribution in [-0.2, 0) is 19.2 Å². The Morgan fingerprint density at radius 1 is 0.500 bits per heavy atom. The van der Waals surface area contributed by atoms with Gasteiger partial charge in [0, 0.05) is 0 Å². The van der Waals surface area contributed by atoms with Crippen LogP contribution in [0, 0.1) is 0 Å². The average molecular weight is 496 g/mol. The van der Waals surface area contributed by atoms with E-state index in [4.69, 9.17) is 20.4 Å². The summed E-state index contributed by atoms with van der Waals surface area (Å²) in [5, 5.41) is 71.5. The van der Waals surface area contributed by atoms with Crippen LogP contribution in [0.25, 0.3) is 0 Å². The molecule has 0 fully saturated rings. The van der Waals surface area contributed by atoms with Crippen molar-refractivity contribution in [3.8, 4) is 0 Å². The number of aliphatic carboxylic acids is 4. The van der Waals surface area contributed by atoms with Gasteiger partial charge in [0.2, 0.25) is 0 Å². The molecule has 148 valence electrons. The van der Waals surface area contributed by atoms with E-state index < -0.39 is 48.3 Å². The van der Waals surface area contributed by atoms with Crippen LogP contribution < -0.4 is 20.4 Å². The van der Waals surface area contributed by atoms with Gasteiger partial charge in [0.25, 0.3) is 0 Å². The fraction of sp³-hybridized carbons (Fsp3) is 0.500. The number of aliphatic hydroxyl groups is 4. The van der Waals surface area contributed by atoms with Gasteiger partial charge in [-0.2, -0.15) is 0 Å². The van der Waals surface area contributed by atoms with Crippen molar-refractivity contribution in [1.82, 2.24) is 0 Å². The molecule has 0 radical (unpaired) electrons. The number of carboxylic acids is 4. The van der Waals surface area contributed by atoms with E-state index in [1.54, 1.807) is 0 Å². The minimum absolute atomic E-state index is 0. The van der Waals surface area contributed by atoms with E-state index in [1.807, 2.05) is 0 Å². The molecule has 0 saturated heterocycles. The van der Waals surface area contributed by atoms with Crippen molar-refractivity contribution in [3.63, 3.8) is 0 Å². The number of carbonyl (C=O) groups is 4. The maximum absolute atomic E-state index is 9.63. The van der Waals surface area contributed by atoms with Gasteiger partial charge in [0.15, 0.2) is 0 Å². The normalized spacial score (nSPS) is 12.2. The average Bonchev–Trinajstić information content (AvgIpc) is 2.35. The standard InChI is InChI=1S/2C4H6O6.Ca.4H2O.Sr/c2*5-1(3(7)8)2(6)4(9)10;;;;;;/h2*1-2,5-6H,(H,7,8)(H,9,10);;4*1H2;/q;;+2;;;;;+2/p-4. The zero-order valence-electron chi connectivity index (χ0n) is 12.8. The summed E-state index contributed by atoms with van der Waals surface area (Å²) >= 11 is 0. The van der Waals surface area contributed by atoms with E-state index in [2.05, 4.69) is 0 Å². The van der Waals surface area contributed by atoms with Crippen LogP contribution in [0.4, 0.5) is 0 Å². The summed E-state index contributed by atoms with van der Waals surface area (Å²) in [5.41, 5.74) is 0. The zero-order valence-corrected chi connectivity index (χ0v) is 18.5. The van der Waals surface area contributed by atoms with Crippen molar-refractivity contribution in [2.75, 3.05) is 0 Å². The Morgan fingerprint density at radius 3 is 0.615 bits per heavy atom. The molecular weight excluding hydrogens is 480 g/mol. The molecular formula is C8H16CaO16Sr. The van der Waals surface area contributed by atoms with Crippen LogP contribution in [-0.4, -0.2) is 174 Å². The molecule has 0 heterocycles.